The third-order valence-corrected chi connectivity index (χ3v) is 4.27. The fraction of sp³-hybridized carbons (Fsp3) is 0.0909. The molecule has 0 aliphatic heterocycles. The van der Waals surface area contributed by atoms with Crippen LogP contribution >= 0.6 is 0 Å². The van der Waals surface area contributed by atoms with Gasteiger partial charge in [-0.3, -0.25) is 9.59 Å². The molecule has 0 heterocycles. The van der Waals surface area contributed by atoms with Crippen molar-refractivity contribution in [3.05, 3.63) is 88.7 Å². The van der Waals surface area contributed by atoms with Crippen molar-refractivity contribution in [2.75, 3.05) is 17.2 Å². The van der Waals surface area contributed by atoms with Gasteiger partial charge in [0.15, 0.2) is 23.3 Å². The van der Waals surface area contributed by atoms with Crippen LogP contribution in [0.25, 0.3) is 0 Å². The molecular weight excluding hydrogens is 435 g/mol. The number of carbonyl (C=O) groups is 2. The molecule has 166 valence electrons. The Morgan fingerprint density at radius 1 is 0.688 bits per heavy atom. The average Bonchev–Trinajstić information content (AvgIpc) is 2.78. The molecule has 0 bridgehead atoms. The first-order valence-corrected chi connectivity index (χ1v) is 9.20. The van der Waals surface area contributed by atoms with Gasteiger partial charge in [0.25, 0.3) is 11.8 Å². The summed E-state index contributed by atoms with van der Waals surface area (Å²) < 4.78 is 72.5. The molecule has 0 aliphatic rings. The third kappa shape index (κ3) is 4.69. The van der Waals surface area contributed by atoms with Crippen molar-refractivity contribution in [3.63, 3.8) is 0 Å². The molecule has 0 unspecified atom stereocenters. The lowest BCUT2D eigenvalue weighted by Crippen LogP contribution is -2.19. The molecule has 3 aromatic rings. The highest BCUT2D eigenvalue weighted by atomic mass is 19.2. The van der Waals surface area contributed by atoms with E-state index in [1.807, 2.05) is 12.2 Å². The molecule has 0 spiro atoms. The second kappa shape index (κ2) is 9.46. The van der Waals surface area contributed by atoms with Gasteiger partial charge in [-0.2, -0.15) is 0 Å². The molecular formula is C22H15F5N2O3. The molecule has 5 nitrogen and oxygen atoms in total. The Hall–Kier alpha value is -3.95. The van der Waals surface area contributed by atoms with Crippen LogP contribution in [0.4, 0.5) is 33.3 Å². The summed E-state index contributed by atoms with van der Waals surface area (Å²) in [6, 6.07) is 11.7. The number of hydrogen-bond acceptors (Lipinski definition) is 3. The molecule has 0 saturated heterocycles. The number of benzene rings is 3. The Morgan fingerprint density at radius 3 is 1.62 bits per heavy atom. The number of anilines is 2. The minimum Gasteiger partial charge on any atom is -0.494 e. The van der Waals surface area contributed by atoms with E-state index in [0.717, 1.165) is 0 Å². The average molecular weight is 450 g/mol. The number of halogens is 5. The van der Waals surface area contributed by atoms with Gasteiger partial charge in [0.1, 0.15) is 11.3 Å². The standard InChI is InChI=1S/C22H15F5N2O3/c1-2-32-14-9-7-13(8-10-14)28-21(30)11-3-5-12(6-4-11)29-22(31)15-16(23)18(25)20(27)19(26)17(15)24/h3-10H,2H2,1H3,(H,28,30)(H,29,31). The number of hydrogen-bond donors (Lipinski definition) is 2. The molecule has 32 heavy (non-hydrogen) atoms. The maximum absolute atomic E-state index is 13.8. The predicted octanol–water partition coefficient (Wildman–Crippen LogP) is 5.29. The number of rotatable bonds is 6. The molecule has 10 heteroatoms. The van der Waals surface area contributed by atoms with Gasteiger partial charge in [-0.15, -0.1) is 0 Å². The maximum Gasteiger partial charge on any atom is 0.261 e. The van der Waals surface area contributed by atoms with Crippen molar-refractivity contribution < 1.29 is 36.3 Å². The number of amides is 2. The summed E-state index contributed by atoms with van der Waals surface area (Å²) >= 11 is 0. The summed E-state index contributed by atoms with van der Waals surface area (Å²) in [5.74, 6) is -12.7. The fourth-order valence-corrected chi connectivity index (χ4v) is 2.71. The first kappa shape index (κ1) is 22.7. The molecule has 2 N–H and O–H groups in total. The van der Waals surface area contributed by atoms with Crippen molar-refractivity contribution in [3.8, 4) is 5.75 Å². The lowest BCUT2D eigenvalue weighted by atomic mass is 10.1. The van der Waals surface area contributed by atoms with Gasteiger partial charge >= 0.3 is 0 Å². The molecule has 0 saturated carbocycles. The zero-order valence-electron chi connectivity index (χ0n) is 16.4. The van der Waals surface area contributed by atoms with Gasteiger partial charge in [0, 0.05) is 16.9 Å². The highest BCUT2D eigenvalue weighted by Gasteiger charge is 2.29. The van der Waals surface area contributed by atoms with Crippen LogP contribution in [0.1, 0.15) is 27.6 Å². The topological polar surface area (TPSA) is 67.4 Å². The molecule has 0 aliphatic carbocycles. The van der Waals surface area contributed by atoms with Gasteiger partial charge in [-0.25, -0.2) is 22.0 Å². The predicted molar refractivity (Wildman–Crippen MR) is 106 cm³/mol. The minimum atomic E-state index is -2.36. The van der Waals surface area contributed by atoms with Crippen molar-refractivity contribution in [2.24, 2.45) is 0 Å². The second-order valence-electron chi connectivity index (χ2n) is 6.39. The van der Waals surface area contributed by atoms with E-state index in [-0.39, 0.29) is 11.3 Å². The van der Waals surface area contributed by atoms with E-state index in [1.54, 1.807) is 24.3 Å². The van der Waals surface area contributed by atoms with E-state index in [4.69, 9.17) is 4.74 Å². The minimum absolute atomic E-state index is 0.0310. The highest BCUT2D eigenvalue weighted by Crippen LogP contribution is 2.24. The molecule has 3 rings (SSSR count). The monoisotopic (exact) mass is 450 g/mol. The molecule has 0 aromatic heterocycles. The first-order chi connectivity index (χ1) is 15.2. The van der Waals surface area contributed by atoms with Crippen LogP contribution in [0.2, 0.25) is 0 Å². The Balaban J connectivity index is 1.71. The van der Waals surface area contributed by atoms with Crippen LogP contribution in [0.5, 0.6) is 5.75 Å². The zero-order valence-corrected chi connectivity index (χ0v) is 16.4. The largest absolute Gasteiger partial charge is 0.494 e. The summed E-state index contributed by atoms with van der Waals surface area (Å²) in [5.41, 5.74) is -0.953. The van der Waals surface area contributed by atoms with Crippen molar-refractivity contribution in [1.82, 2.24) is 0 Å². The summed E-state index contributed by atoms with van der Waals surface area (Å²) in [4.78, 5) is 24.4. The lowest BCUT2D eigenvalue weighted by molar-refractivity contribution is 0.101. The Labute approximate surface area is 178 Å². The smallest absolute Gasteiger partial charge is 0.261 e. The molecule has 0 radical (unpaired) electrons. The maximum atomic E-state index is 13.8. The summed E-state index contributed by atoms with van der Waals surface area (Å²) in [7, 11) is 0. The van der Waals surface area contributed by atoms with Crippen molar-refractivity contribution in [2.45, 2.75) is 6.92 Å². The lowest BCUT2D eigenvalue weighted by Gasteiger charge is -2.10. The summed E-state index contributed by atoms with van der Waals surface area (Å²) in [6.45, 7) is 2.34. The second-order valence-corrected chi connectivity index (χ2v) is 6.39. The van der Waals surface area contributed by atoms with Crippen LogP contribution in [-0.2, 0) is 0 Å². The zero-order chi connectivity index (χ0) is 23.4. The highest BCUT2D eigenvalue weighted by molar-refractivity contribution is 6.06. The van der Waals surface area contributed by atoms with Gasteiger partial charge in [-0.05, 0) is 55.5 Å². The van der Waals surface area contributed by atoms with E-state index in [1.165, 1.54) is 24.3 Å². The van der Waals surface area contributed by atoms with Crippen LogP contribution in [0.15, 0.2) is 48.5 Å². The Kier molecular flexibility index (Phi) is 6.72. The van der Waals surface area contributed by atoms with E-state index in [2.05, 4.69) is 5.32 Å². The third-order valence-electron chi connectivity index (χ3n) is 4.27. The molecule has 3 aromatic carbocycles. The van der Waals surface area contributed by atoms with Gasteiger partial charge < -0.3 is 15.4 Å². The van der Waals surface area contributed by atoms with E-state index >= 15 is 0 Å². The molecule has 0 atom stereocenters. The van der Waals surface area contributed by atoms with Crippen LogP contribution in [0, 0.1) is 29.1 Å². The normalized spacial score (nSPS) is 10.6. The van der Waals surface area contributed by atoms with Gasteiger partial charge in [0.2, 0.25) is 5.82 Å². The summed E-state index contributed by atoms with van der Waals surface area (Å²) in [6.07, 6.45) is 0. The van der Waals surface area contributed by atoms with Crippen molar-refractivity contribution in [1.29, 1.82) is 0 Å². The van der Waals surface area contributed by atoms with Gasteiger partial charge in [-0.1, -0.05) is 0 Å². The number of ether oxygens (including phenoxy) is 1. The van der Waals surface area contributed by atoms with Crippen LogP contribution < -0.4 is 15.4 Å². The quantitative estimate of drug-likeness (QED) is 0.305. The SMILES string of the molecule is CCOc1ccc(NC(=O)c2ccc(NC(=O)c3c(F)c(F)c(F)c(F)c3F)cc2)cc1. The van der Waals surface area contributed by atoms with E-state index in [0.29, 0.717) is 18.0 Å². The molecule has 0 fully saturated rings. The Bertz CT molecular complexity index is 1140. The van der Waals surface area contributed by atoms with Crippen LogP contribution in [-0.4, -0.2) is 18.4 Å². The Morgan fingerprint density at radius 2 is 1.12 bits per heavy atom. The van der Waals surface area contributed by atoms with E-state index in [9.17, 15) is 31.5 Å². The van der Waals surface area contributed by atoms with E-state index < -0.39 is 46.5 Å². The fourth-order valence-electron chi connectivity index (χ4n) is 2.71. The summed E-state index contributed by atoms with van der Waals surface area (Å²) in [5, 5.41) is 4.67. The van der Waals surface area contributed by atoms with Gasteiger partial charge in [0.05, 0.1) is 6.61 Å². The molecule has 2 amide bonds. The van der Waals surface area contributed by atoms with Crippen molar-refractivity contribution >= 4 is 23.2 Å². The van der Waals surface area contributed by atoms with Crippen LogP contribution in [0.3, 0.4) is 0 Å². The first-order valence-electron chi connectivity index (χ1n) is 9.20. The number of nitrogens with one attached hydrogen (secondary N) is 2. The number of carbonyl (C=O) groups excluding carboxylic acids is 2.